The predicted octanol–water partition coefficient (Wildman–Crippen LogP) is -0.376. The van der Waals surface area contributed by atoms with E-state index in [1.54, 1.807) is 0 Å². The molecule has 0 aliphatic carbocycles. The third-order valence-electron chi connectivity index (χ3n) is 1.91. The fourth-order valence-corrected chi connectivity index (χ4v) is 2.73. The Labute approximate surface area is 58.6 Å². The van der Waals surface area contributed by atoms with Crippen molar-refractivity contribution >= 4 is 9.68 Å². The zero-order valence-electron chi connectivity index (χ0n) is 5.77. The molecule has 1 atom stereocenters. The molecule has 1 saturated heterocycles. The average molecular weight is 145 g/mol. The van der Waals surface area contributed by atoms with Crippen LogP contribution in [0.25, 0.3) is 0 Å². The van der Waals surface area contributed by atoms with Crippen LogP contribution in [-0.2, 0) is 0 Å². The van der Waals surface area contributed by atoms with Crippen molar-refractivity contribution in [2.24, 2.45) is 0 Å². The largest absolute Gasteiger partial charge is 0.396 e. The van der Waals surface area contributed by atoms with Gasteiger partial charge in [0.25, 0.3) is 0 Å². The van der Waals surface area contributed by atoms with Crippen molar-refractivity contribution in [2.75, 3.05) is 13.2 Å². The van der Waals surface area contributed by atoms with Crippen LogP contribution in [0.1, 0.15) is 19.3 Å². The van der Waals surface area contributed by atoms with Gasteiger partial charge >= 0.3 is 0 Å². The smallest absolute Gasteiger partial charge is 0.0969 e. The van der Waals surface area contributed by atoms with E-state index in [-0.39, 0.29) is 9.68 Å². The zero-order valence-corrected chi connectivity index (χ0v) is 7.18. The monoisotopic (exact) mass is 145 g/mol. The number of aliphatic hydroxyl groups excluding tert-OH is 1. The van der Waals surface area contributed by atoms with Crippen molar-refractivity contribution in [3.05, 3.63) is 0 Å². The fourth-order valence-electron chi connectivity index (χ4n) is 1.25. The number of nitrogens with one attached hydrogen (secondary N) is 1. The Bertz CT molecular complexity index is 71.5. The molecule has 0 aromatic rings. The summed E-state index contributed by atoms with van der Waals surface area (Å²) in [5.74, 6) is 0. The normalized spacial score (nSPS) is 32.3. The van der Waals surface area contributed by atoms with Crippen LogP contribution in [0, 0.1) is 0 Å². The molecule has 2 nitrogen and oxygen atoms in total. The summed E-state index contributed by atoms with van der Waals surface area (Å²) in [5, 5.41) is 8.81. The molecule has 9 heavy (non-hydrogen) atoms. The molecular formula is C6H15NOSi. The Morgan fingerprint density at radius 1 is 1.56 bits per heavy atom. The molecule has 0 radical (unpaired) electrons. The summed E-state index contributed by atoms with van der Waals surface area (Å²) in [6.45, 7) is 1.61. The fraction of sp³-hybridized carbons (Fsp3) is 1.00. The van der Waals surface area contributed by atoms with E-state index >= 15 is 0 Å². The van der Waals surface area contributed by atoms with Crippen molar-refractivity contribution in [3.8, 4) is 0 Å². The minimum absolute atomic E-state index is 0.112. The molecule has 1 heterocycles. The standard InChI is InChI=1S/C6H15NOSi/c8-5-6-3-1-2-4-7-9-6/h6-8H,1-5,9H2/t6-/m0/s1. The molecule has 1 aliphatic rings. The van der Waals surface area contributed by atoms with Gasteiger partial charge in [-0.1, -0.05) is 6.42 Å². The maximum atomic E-state index is 8.81. The van der Waals surface area contributed by atoms with Gasteiger partial charge in [0.15, 0.2) is 0 Å². The Morgan fingerprint density at radius 3 is 3.22 bits per heavy atom. The van der Waals surface area contributed by atoms with Gasteiger partial charge in [0.05, 0.1) is 9.68 Å². The first-order valence-electron chi connectivity index (χ1n) is 3.75. The van der Waals surface area contributed by atoms with Crippen LogP contribution in [0.5, 0.6) is 0 Å². The molecule has 2 N–H and O–H groups in total. The number of hydrogen-bond donors (Lipinski definition) is 2. The topological polar surface area (TPSA) is 32.3 Å². The molecule has 3 heteroatoms. The Kier molecular flexibility index (Phi) is 3.25. The number of hydrogen-bond acceptors (Lipinski definition) is 2. The molecule has 54 valence electrons. The first-order chi connectivity index (χ1) is 4.43. The summed E-state index contributed by atoms with van der Waals surface area (Å²) < 4.78 is 0. The number of rotatable bonds is 1. The second kappa shape index (κ2) is 4.03. The van der Waals surface area contributed by atoms with Gasteiger partial charge in [0, 0.05) is 6.61 Å². The lowest BCUT2D eigenvalue weighted by molar-refractivity contribution is 0.283. The first kappa shape index (κ1) is 7.25. The van der Waals surface area contributed by atoms with Crippen LogP contribution in [0.3, 0.4) is 0 Å². The van der Waals surface area contributed by atoms with E-state index in [9.17, 15) is 0 Å². The maximum Gasteiger partial charge on any atom is 0.0969 e. The SMILES string of the molecule is OC[C@@H]1CCCCN[SiH2]1. The Balaban J connectivity index is 2.18. The van der Waals surface area contributed by atoms with E-state index in [0.29, 0.717) is 12.1 Å². The average Bonchev–Trinajstić information content (AvgIpc) is 2.13. The van der Waals surface area contributed by atoms with E-state index in [2.05, 4.69) is 4.98 Å². The van der Waals surface area contributed by atoms with Crippen LogP contribution >= 0.6 is 0 Å². The van der Waals surface area contributed by atoms with E-state index in [0.717, 1.165) is 0 Å². The third-order valence-corrected chi connectivity index (χ3v) is 3.79. The van der Waals surface area contributed by atoms with Crippen LogP contribution in [0.2, 0.25) is 5.54 Å². The number of aliphatic hydroxyl groups is 1. The van der Waals surface area contributed by atoms with Crippen LogP contribution in [0.4, 0.5) is 0 Å². The van der Waals surface area contributed by atoms with Crippen LogP contribution < -0.4 is 4.98 Å². The maximum absolute atomic E-state index is 8.81. The summed E-state index contributed by atoms with van der Waals surface area (Å²) in [7, 11) is -0.112. The van der Waals surface area contributed by atoms with Crippen LogP contribution in [0.15, 0.2) is 0 Å². The summed E-state index contributed by atoms with van der Waals surface area (Å²) in [6, 6.07) is 0. The van der Waals surface area contributed by atoms with Gasteiger partial charge in [0.2, 0.25) is 0 Å². The molecule has 1 aliphatic heterocycles. The van der Waals surface area contributed by atoms with Gasteiger partial charge in [0.1, 0.15) is 0 Å². The van der Waals surface area contributed by atoms with Gasteiger partial charge in [-0.25, -0.2) is 0 Å². The van der Waals surface area contributed by atoms with Gasteiger partial charge < -0.3 is 10.1 Å². The quantitative estimate of drug-likeness (QED) is 0.493. The van der Waals surface area contributed by atoms with E-state index < -0.39 is 0 Å². The summed E-state index contributed by atoms with van der Waals surface area (Å²) >= 11 is 0. The first-order valence-corrected chi connectivity index (χ1v) is 5.27. The van der Waals surface area contributed by atoms with Crippen molar-refractivity contribution in [3.63, 3.8) is 0 Å². The molecule has 1 fully saturated rings. The van der Waals surface area contributed by atoms with Crippen molar-refractivity contribution in [1.82, 2.24) is 4.98 Å². The lowest BCUT2D eigenvalue weighted by Gasteiger charge is -2.07. The molecule has 0 aromatic heterocycles. The van der Waals surface area contributed by atoms with Crippen LogP contribution in [-0.4, -0.2) is 27.9 Å². The summed E-state index contributed by atoms with van der Waals surface area (Å²) in [6.07, 6.45) is 3.88. The second-order valence-electron chi connectivity index (χ2n) is 2.75. The van der Waals surface area contributed by atoms with E-state index in [4.69, 9.17) is 5.11 Å². The highest BCUT2D eigenvalue weighted by molar-refractivity contribution is 6.34. The Hall–Kier alpha value is 0.137. The molecule has 0 spiro atoms. The highest BCUT2D eigenvalue weighted by atomic mass is 28.2. The van der Waals surface area contributed by atoms with Gasteiger partial charge in [-0.15, -0.1) is 0 Å². The lowest BCUT2D eigenvalue weighted by Crippen LogP contribution is -2.23. The minimum Gasteiger partial charge on any atom is -0.396 e. The molecule has 0 unspecified atom stereocenters. The van der Waals surface area contributed by atoms with E-state index in [1.165, 1.54) is 25.8 Å². The summed E-state index contributed by atoms with van der Waals surface area (Å²) in [5.41, 5.74) is 0.660. The van der Waals surface area contributed by atoms with Gasteiger partial charge in [-0.2, -0.15) is 0 Å². The van der Waals surface area contributed by atoms with Crippen molar-refractivity contribution in [2.45, 2.75) is 24.8 Å². The summed E-state index contributed by atoms with van der Waals surface area (Å²) in [4.78, 5) is 3.43. The molecular weight excluding hydrogens is 130 g/mol. The zero-order chi connectivity index (χ0) is 6.53. The van der Waals surface area contributed by atoms with E-state index in [1.807, 2.05) is 0 Å². The molecule has 0 aromatic carbocycles. The third kappa shape index (κ3) is 2.47. The van der Waals surface area contributed by atoms with Gasteiger partial charge in [-0.05, 0) is 24.9 Å². The lowest BCUT2D eigenvalue weighted by atomic mass is 10.2. The molecule has 0 bridgehead atoms. The van der Waals surface area contributed by atoms with Crippen molar-refractivity contribution < 1.29 is 5.11 Å². The Morgan fingerprint density at radius 2 is 2.44 bits per heavy atom. The molecule has 0 saturated carbocycles. The molecule has 1 rings (SSSR count). The van der Waals surface area contributed by atoms with Gasteiger partial charge in [-0.3, -0.25) is 0 Å². The minimum atomic E-state index is -0.112. The highest BCUT2D eigenvalue weighted by Gasteiger charge is 2.09. The van der Waals surface area contributed by atoms with Crippen molar-refractivity contribution in [1.29, 1.82) is 0 Å². The highest BCUT2D eigenvalue weighted by Crippen LogP contribution is 2.13. The molecule has 0 amide bonds. The second-order valence-corrected chi connectivity index (χ2v) is 4.81. The predicted molar refractivity (Wildman–Crippen MR) is 41.2 cm³/mol.